The molecule has 0 radical (unpaired) electrons. The molecular weight excluding hydrogens is 256 g/mol. The molecule has 8 heteroatoms. The van der Waals surface area contributed by atoms with Gasteiger partial charge < -0.3 is 26.0 Å². The monoisotopic (exact) mass is 274 g/mol. The molecular formula is C11H18N2O6. The number of hydrogen-bond donors (Lipinski definition) is 5. The van der Waals surface area contributed by atoms with E-state index < -0.39 is 42.6 Å². The fourth-order valence-corrected chi connectivity index (χ4v) is 2.02. The molecule has 0 aromatic rings. The topological polar surface area (TPSA) is 136 Å². The maximum atomic E-state index is 11.6. The maximum absolute atomic E-state index is 11.6. The van der Waals surface area contributed by atoms with E-state index >= 15 is 0 Å². The number of carboxylic acids is 2. The van der Waals surface area contributed by atoms with Crippen LogP contribution in [0.3, 0.4) is 0 Å². The van der Waals surface area contributed by atoms with Crippen molar-refractivity contribution in [3.8, 4) is 0 Å². The van der Waals surface area contributed by atoms with Gasteiger partial charge >= 0.3 is 18.0 Å². The third kappa shape index (κ3) is 5.12. The number of rotatable bonds is 5. The van der Waals surface area contributed by atoms with Crippen molar-refractivity contribution in [2.75, 3.05) is 0 Å². The van der Waals surface area contributed by atoms with Crippen molar-refractivity contribution < 1.29 is 29.7 Å². The third-order valence-corrected chi connectivity index (χ3v) is 3.03. The maximum Gasteiger partial charge on any atom is 0.326 e. The molecule has 0 spiro atoms. The summed E-state index contributed by atoms with van der Waals surface area (Å²) in [6, 6.07) is -2.69. The summed E-state index contributed by atoms with van der Waals surface area (Å²) in [4.78, 5) is 32.8. The summed E-state index contributed by atoms with van der Waals surface area (Å²) in [5, 5.41) is 31.5. The third-order valence-electron chi connectivity index (χ3n) is 3.03. The van der Waals surface area contributed by atoms with Crippen molar-refractivity contribution in [3.63, 3.8) is 0 Å². The van der Waals surface area contributed by atoms with Crippen molar-refractivity contribution in [3.05, 3.63) is 0 Å². The Kier molecular flexibility index (Phi) is 5.56. The van der Waals surface area contributed by atoms with Gasteiger partial charge in [0.05, 0.1) is 18.6 Å². The largest absolute Gasteiger partial charge is 0.481 e. The molecule has 3 atom stereocenters. The highest BCUT2D eigenvalue weighted by atomic mass is 16.4. The number of carboxylic acid groups (broad SMARTS) is 2. The number of aliphatic hydroxyl groups excluding tert-OH is 1. The van der Waals surface area contributed by atoms with Gasteiger partial charge in [0, 0.05) is 0 Å². The van der Waals surface area contributed by atoms with Crippen molar-refractivity contribution in [1.82, 2.24) is 10.6 Å². The van der Waals surface area contributed by atoms with Crippen LogP contribution < -0.4 is 10.6 Å². The summed E-state index contributed by atoms with van der Waals surface area (Å²) in [7, 11) is 0. The van der Waals surface area contributed by atoms with E-state index in [0.29, 0.717) is 12.8 Å². The average molecular weight is 274 g/mol. The lowest BCUT2D eigenvalue weighted by Gasteiger charge is -2.28. The van der Waals surface area contributed by atoms with Gasteiger partial charge in [-0.2, -0.15) is 0 Å². The number of aliphatic hydroxyl groups is 1. The number of nitrogens with one attached hydrogen (secondary N) is 2. The summed E-state index contributed by atoms with van der Waals surface area (Å²) in [5.74, 6) is -2.73. The summed E-state index contributed by atoms with van der Waals surface area (Å²) in [5.41, 5.74) is 0. The van der Waals surface area contributed by atoms with Crippen LogP contribution in [-0.4, -0.2) is 51.5 Å². The normalized spacial score (nSPS) is 24.3. The molecule has 1 fully saturated rings. The number of urea groups is 1. The fraction of sp³-hybridized carbons (Fsp3) is 0.727. The first-order chi connectivity index (χ1) is 8.90. The molecule has 108 valence electrons. The molecule has 0 aliphatic heterocycles. The van der Waals surface area contributed by atoms with Crippen LogP contribution >= 0.6 is 0 Å². The number of carbonyl (C=O) groups excluding carboxylic acids is 1. The molecule has 1 aliphatic carbocycles. The van der Waals surface area contributed by atoms with Gasteiger partial charge in [-0.05, 0) is 12.8 Å². The van der Waals surface area contributed by atoms with Crippen molar-refractivity contribution >= 4 is 18.0 Å². The van der Waals surface area contributed by atoms with Crippen LogP contribution in [0, 0.1) is 0 Å². The smallest absolute Gasteiger partial charge is 0.326 e. The SMILES string of the molecule is O=C(O)C[C@@H](NC(=O)NC1CCCCC1O)C(=O)O. The standard InChI is InChI=1S/C11H18N2O6/c14-8-4-2-1-3-6(8)12-11(19)13-7(10(17)18)5-9(15)16/h6-8,14H,1-5H2,(H,15,16)(H,17,18)(H2,12,13,19)/t6?,7-,8?/m1/s1. The Morgan fingerprint density at radius 3 is 2.32 bits per heavy atom. The summed E-state index contributed by atoms with van der Waals surface area (Å²) in [6.07, 6.45) is 1.61. The van der Waals surface area contributed by atoms with E-state index in [1.165, 1.54) is 0 Å². The summed E-state index contributed by atoms with van der Waals surface area (Å²) < 4.78 is 0. The quantitative estimate of drug-likeness (QED) is 0.459. The van der Waals surface area contributed by atoms with E-state index in [4.69, 9.17) is 10.2 Å². The first-order valence-corrected chi connectivity index (χ1v) is 6.10. The molecule has 1 saturated carbocycles. The molecule has 1 rings (SSSR count). The second-order valence-electron chi connectivity index (χ2n) is 4.56. The number of carbonyl (C=O) groups is 3. The highest BCUT2D eigenvalue weighted by Gasteiger charge is 2.27. The molecule has 0 heterocycles. The lowest BCUT2D eigenvalue weighted by atomic mass is 9.93. The van der Waals surface area contributed by atoms with Crippen molar-refractivity contribution in [1.29, 1.82) is 0 Å². The van der Waals surface area contributed by atoms with Gasteiger partial charge in [-0.3, -0.25) is 4.79 Å². The zero-order valence-corrected chi connectivity index (χ0v) is 10.3. The number of aliphatic carboxylic acids is 2. The lowest BCUT2D eigenvalue weighted by molar-refractivity contribution is -0.145. The second-order valence-corrected chi connectivity index (χ2v) is 4.56. The summed E-state index contributed by atoms with van der Waals surface area (Å²) in [6.45, 7) is 0. The Bertz CT molecular complexity index is 359. The Labute approximate surface area is 109 Å². The molecule has 19 heavy (non-hydrogen) atoms. The van der Waals surface area contributed by atoms with E-state index in [9.17, 15) is 19.5 Å². The Hall–Kier alpha value is -1.83. The molecule has 8 nitrogen and oxygen atoms in total. The Morgan fingerprint density at radius 2 is 1.79 bits per heavy atom. The minimum absolute atomic E-state index is 0.423. The zero-order valence-electron chi connectivity index (χ0n) is 10.3. The van der Waals surface area contributed by atoms with Gasteiger partial charge in [0.2, 0.25) is 0 Å². The van der Waals surface area contributed by atoms with Crippen LogP contribution in [0.1, 0.15) is 32.1 Å². The van der Waals surface area contributed by atoms with Crippen molar-refractivity contribution in [2.45, 2.75) is 50.3 Å². The van der Waals surface area contributed by atoms with Gasteiger partial charge in [0.1, 0.15) is 6.04 Å². The first kappa shape index (κ1) is 15.2. The van der Waals surface area contributed by atoms with E-state index in [2.05, 4.69) is 10.6 Å². The first-order valence-electron chi connectivity index (χ1n) is 6.10. The fourth-order valence-electron chi connectivity index (χ4n) is 2.02. The minimum atomic E-state index is -1.49. The zero-order chi connectivity index (χ0) is 14.4. The Balaban J connectivity index is 2.47. The van der Waals surface area contributed by atoms with Crippen LogP contribution in [0.25, 0.3) is 0 Å². The van der Waals surface area contributed by atoms with Gasteiger partial charge in [0.25, 0.3) is 0 Å². The van der Waals surface area contributed by atoms with E-state index in [0.717, 1.165) is 12.8 Å². The van der Waals surface area contributed by atoms with E-state index in [-0.39, 0.29) is 0 Å². The molecule has 2 amide bonds. The molecule has 0 aromatic carbocycles. The van der Waals surface area contributed by atoms with Crippen molar-refractivity contribution in [2.24, 2.45) is 0 Å². The van der Waals surface area contributed by atoms with Gasteiger partial charge in [-0.15, -0.1) is 0 Å². The van der Waals surface area contributed by atoms with Crippen LogP contribution in [0.15, 0.2) is 0 Å². The number of amides is 2. The van der Waals surface area contributed by atoms with Crippen LogP contribution in [0.5, 0.6) is 0 Å². The number of hydrogen-bond acceptors (Lipinski definition) is 4. The second kappa shape index (κ2) is 6.93. The Morgan fingerprint density at radius 1 is 1.16 bits per heavy atom. The molecule has 1 aliphatic rings. The van der Waals surface area contributed by atoms with Gasteiger partial charge in [-0.25, -0.2) is 9.59 Å². The minimum Gasteiger partial charge on any atom is -0.481 e. The lowest BCUT2D eigenvalue weighted by Crippen LogP contribution is -2.53. The van der Waals surface area contributed by atoms with Gasteiger partial charge in [-0.1, -0.05) is 12.8 Å². The molecule has 0 saturated heterocycles. The predicted molar refractivity (Wildman–Crippen MR) is 63.6 cm³/mol. The predicted octanol–water partition coefficient (Wildman–Crippen LogP) is -0.483. The highest BCUT2D eigenvalue weighted by molar-refractivity contribution is 5.86. The molecule has 2 unspecified atom stereocenters. The van der Waals surface area contributed by atoms with E-state index in [1.807, 2.05) is 0 Å². The van der Waals surface area contributed by atoms with Crippen LogP contribution in [0.4, 0.5) is 4.79 Å². The van der Waals surface area contributed by atoms with Crippen LogP contribution in [-0.2, 0) is 9.59 Å². The summed E-state index contributed by atoms with van der Waals surface area (Å²) >= 11 is 0. The van der Waals surface area contributed by atoms with Gasteiger partial charge in [0.15, 0.2) is 0 Å². The van der Waals surface area contributed by atoms with Crippen LogP contribution in [0.2, 0.25) is 0 Å². The van der Waals surface area contributed by atoms with E-state index in [1.54, 1.807) is 0 Å². The highest BCUT2D eigenvalue weighted by Crippen LogP contribution is 2.18. The molecule has 5 N–H and O–H groups in total. The molecule has 0 aromatic heterocycles. The molecule has 0 bridgehead atoms. The average Bonchev–Trinajstić information content (AvgIpc) is 2.30.